The van der Waals surface area contributed by atoms with Crippen molar-refractivity contribution in [3.05, 3.63) is 47.3 Å². The summed E-state index contributed by atoms with van der Waals surface area (Å²) in [6.45, 7) is 2.47. The molecule has 0 unspecified atom stereocenters. The fourth-order valence-electron chi connectivity index (χ4n) is 2.49. The minimum Gasteiger partial charge on any atom is -0.496 e. The van der Waals surface area contributed by atoms with Crippen LogP contribution in [0.3, 0.4) is 0 Å². The lowest BCUT2D eigenvalue weighted by Crippen LogP contribution is -2.14. The molecule has 0 bridgehead atoms. The molecule has 25 heavy (non-hydrogen) atoms. The van der Waals surface area contributed by atoms with Crippen molar-refractivity contribution in [1.82, 2.24) is 19.8 Å². The monoisotopic (exact) mass is 351 g/mol. The molecule has 0 radical (unpaired) electrons. The molecule has 0 fully saturated rings. The highest BCUT2D eigenvalue weighted by atomic mass is 19.4. The Hall–Kier alpha value is -2.84. The Labute approximate surface area is 141 Å². The maximum absolute atomic E-state index is 12.9. The summed E-state index contributed by atoms with van der Waals surface area (Å²) in [6, 6.07) is 8.86. The Morgan fingerprint density at radius 2 is 1.96 bits per heavy atom. The molecule has 0 saturated heterocycles. The Balaban J connectivity index is 1.75. The second kappa shape index (κ2) is 6.58. The third kappa shape index (κ3) is 3.65. The van der Waals surface area contributed by atoms with Gasteiger partial charge in [-0.2, -0.15) is 17.7 Å². The summed E-state index contributed by atoms with van der Waals surface area (Å²) in [7, 11) is 1.60. The third-order valence-corrected chi connectivity index (χ3v) is 3.65. The van der Waals surface area contributed by atoms with Crippen molar-refractivity contribution in [2.45, 2.75) is 19.5 Å². The lowest BCUT2D eigenvalue weighted by Gasteiger charge is -2.11. The van der Waals surface area contributed by atoms with E-state index >= 15 is 0 Å². The van der Waals surface area contributed by atoms with E-state index in [1.54, 1.807) is 13.2 Å². The van der Waals surface area contributed by atoms with Gasteiger partial charge in [-0.1, -0.05) is 17.7 Å². The Morgan fingerprint density at radius 3 is 2.68 bits per heavy atom. The first-order valence-corrected chi connectivity index (χ1v) is 7.55. The van der Waals surface area contributed by atoms with E-state index in [9.17, 15) is 13.2 Å². The minimum absolute atomic E-state index is 0.0400. The molecule has 6 nitrogen and oxygen atoms in total. The number of aryl methyl sites for hydroxylation is 1. The maximum atomic E-state index is 12.9. The predicted octanol–water partition coefficient (Wildman–Crippen LogP) is 3.11. The van der Waals surface area contributed by atoms with Gasteiger partial charge in [0.05, 0.1) is 7.11 Å². The van der Waals surface area contributed by atoms with Crippen molar-refractivity contribution in [3.8, 4) is 5.75 Å². The number of methoxy groups -OCH3 is 1. The van der Waals surface area contributed by atoms with E-state index in [-0.39, 0.29) is 5.65 Å². The Bertz CT molecular complexity index is 891. The zero-order valence-electron chi connectivity index (χ0n) is 13.6. The average molecular weight is 351 g/mol. The number of anilines is 1. The van der Waals surface area contributed by atoms with Crippen LogP contribution in [0.4, 0.5) is 19.0 Å². The van der Waals surface area contributed by atoms with Gasteiger partial charge in [-0.15, -0.1) is 15.3 Å². The van der Waals surface area contributed by atoms with E-state index in [1.165, 1.54) is 6.07 Å². The van der Waals surface area contributed by atoms with Crippen LogP contribution < -0.4 is 10.1 Å². The second-order valence-corrected chi connectivity index (χ2v) is 5.50. The molecule has 0 amide bonds. The SMILES string of the molecule is COc1ccc(C)cc1CCNc1ccc2nnc(C(F)(F)F)n2n1. The van der Waals surface area contributed by atoms with Gasteiger partial charge in [0.2, 0.25) is 0 Å². The van der Waals surface area contributed by atoms with E-state index in [2.05, 4.69) is 20.6 Å². The Morgan fingerprint density at radius 1 is 1.16 bits per heavy atom. The highest BCUT2D eigenvalue weighted by Crippen LogP contribution is 2.27. The van der Waals surface area contributed by atoms with Crippen molar-refractivity contribution in [3.63, 3.8) is 0 Å². The number of fused-ring (bicyclic) bond motifs is 1. The van der Waals surface area contributed by atoms with Crippen LogP contribution in [0.1, 0.15) is 17.0 Å². The van der Waals surface area contributed by atoms with Gasteiger partial charge in [-0.25, -0.2) is 0 Å². The van der Waals surface area contributed by atoms with Crippen LogP contribution >= 0.6 is 0 Å². The Kier molecular flexibility index (Phi) is 4.47. The zero-order chi connectivity index (χ0) is 18.0. The molecule has 2 aromatic heterocycles. The standard InChI is InChI=1S/C16H16F3N5O/c1-10-3-4-12(25-2)11(9-10)7-8-20-13-5-6-14-21-22-15(16(17,18)19)24(14)23-13/h3-6,9H,7-8H2,1-2H3,(H,20,23). The summed E-state index contributed by atoms with van der Waals surface area (Å²) in [5.74, 6) is -0.0649. The number of hydrogen-bond donors (Lipinski definition) is 1. The number of alkyl halides is 3. The fraction of sp³-hybridized carbons (Fsp3) is 0.312. The van der Waals surface area contributed by atoms with Crippen LogP contribution in [-0.2, 0) is 12.6 Å². The van der Waals surface area contributed by atoms with E-state index in [4.69, 9.17) is 4.74 Å². The normalized spacial score (nSPS) is 11.7. The first-order valence-electron chi connectivity index (χ1n) is 7.55. The molecule has 3 aromatic rings. The van der Waals surface area contributed by atoms with Crippen LogP contribution in [0.5, 0.6) is 5.75 Å². The summed E-state index contributed by atoms with van der Waals surface area (Å²) in [5, 5.41) is 13.6. The molecule has 2 heterocycles. The number of rotatable bonds is 5. The number of aromatic nitrogens is 4. The summed E-state index contributed by atoms with van der Waals surface area (Å²) in [6.07, 6.45) is -3.97. The lowest BCUT2D eigenvalue weighted by molar-refractivity contribution is -0.146. The van der Waals surface area contributed by atoms with E-state index < -0.39 is 12.0 Å². The largest absolute Gasteiger partial charge is 0.496 e. The van der Waals surface area contributed by atoms with Gasteiger partial charge in [0.1, 0.15) is 11.6 Å². The first-order chi connectivity index (χ1) is 11.9. The maximum Gasteiger partial charge on any atom is 0.453 e. The number of hydrogen-bond acceptors (Lipinski definition) is 5. The smallest absolute Gasteiger partial charge is 0.453 e. The fourth-order valence-corrected chi connectivity index (χ4v) is 2.49. The van der Waals surface area contributed by atoms with Crippen LogP contribution in [0.15, 0.2) is 30.3 Å². The number of benzene rings is 1. The van der Waals surface area contributed by atoms with Gasteiger partial charge >= 0.3 is 6.18 Å². The molecule has 0 aliphatic carbocycles. The molecule has 1 aromatic carbocycles. The van der Waals surface area contributed by atoms with Gasteiger partial charge in [0, 0.05) is 6.54 Å². The van der Waals surface area contributed by atoms with Crippen molar-refractivity contribution < 1.29 is 17.9 Å². The molecule has 3 rings (SSSR count). The predicted molar refractivity (Wildman–Crippen MR) is 85.7 cm³/mol. The molecule has 9 heteroatoms. The molecule has 1 N–H and O–H groups in total. The second-order valence-electron chi connectivity index (χ2n) is 5.50. The highest BCUT2D eigenvalue weighted by Gasteiger charge is 2.37. The number of nitrogens with one attached hydrogen (secondary N) is 1. The van der Waals surface area contributed by atoms with Gasteiger partial charge in [0.25, 0.3) is 5.82 Å². The molecular weight excluding hydrogens is 335 g/mol. The summed E-state index contributed by atoms with van der Waals surface area (Å²) >= 11 is 0. The van der Waals surface area contributed by atoms with Crippen molar-refractivity contribution in [1.29, 1.82) is 0 Å². The van der Waals surface area contributed by atoms with Crippen LogP contribution in [-0.4, -0.2) is 33.5 Å². The van der Waals surface area contributed by atoms with Crippen molar-refractivity contribution in [2.75, 3.05) is 19.0 Å². The number of halogens is 3. The molecule has 0 saturated carbocycles. The van der Waals surface area contributed by atoms with Crippen LogP contribution in [0, 0.1) is 6.92 Å². The summed E-state index contributed by atoms with van der Waals surface area (Å²) < 4.78 is 44.6. The molecule has 0 aliphatic heterocycles. The quantitative estimate of drug-likeness (QED) is 0.765. The molecule has 0 aliphatic rings. The lowest BCUT2D eigenvalue weighted by atomic mass is 10.1. The molecule has 0 atom stereocenters. The summed E-state index contributed by atoms with van der Waals surface area (Å²) in [4.78, 5) is 0. The molecule has 132 valence electrons. The topological polar surface area (TPSA) is 64.3 Å². The highest BCUT2D eigenvalue weighted by molar-refractivity contribution is 5.44. The molecule has 0 spiro atoms. The average Bonchev–Trinajstić information content (AvgIpc) is 2.98. The van der Waals surface area contributed by atoms with Gasteiger partial charge in [-0.05, 0) is 37.1 Å². The van der Waals surface area contributed by atoms with E-state index in [1.807, 2.05) is 25.1 Å². The van der Waals surface area contributed by atoms with Crippen molar-refractivity contribution in [2.24, 2.45) is 0 Å². The van der Waals surface area contributed by atoms with Crippen molar-refractivity contribution >= 4 is 11.5 Å². The first kappa shape index (κ1) is 17.0. The van der Waals surface area contributed by atoms with Crippen LogP contribution in [0.25, 0.3) is 5.65 Å². The molecular formula is C16H16F3N5O. The van der Waals surface area contributed by atoms with Gasteiger partial charge in [-0.3, -0.25) is 0 Å². The van der Waals surface area contributed by atoms with Crippen LogP contribution in [0.2, 0.25) is 0 Å². The summed E-state index contributed by atoms with van der Waals surface area (Å²) in [5.41, 5.74) is 2.16. The zero-order valence-corrected chi connectivity index (χ0v) is 13.6. The number of nitrogens with zero attached hydrogens (tertiary/aromatic N) is 4. The van der Waals surface area contributed by atoms with Gasteiger partial charge < -0.3 is 10.1 Å². The van der Waals surface area contributed by atoms with E-state index in [0.717, 1.165) is 16.9 Å². The number of ether oxygens (including phenoxy) is 1. The van der Waals surface area contributed by atoms with E-state index in [0.29, 0.717) is 23.3 Å². The van der Waals surface area contributed by atoms with Gasteiger partial charge in [0.15, 0.2) is 5.65 Å². The third-order valence-electron chi connectivity index (χ3n) is 3.65. The minimum atomic E-state index is -4.61.